The summed E-state index contributed by atoms with van der Waals surface area (Å²) in [6.07, 6.45) is 5.41. The number of nitrogens with one attached hydrogen (secondary N) is 1. The first-order valence-corrected chi connectivity index (χ1v) is 8.21. The first-order chi connectivity index (χ1) is 11.1. The van der Waals surface area contributed by atoms with Crippen molar-refractivity contribution in [3.63, 3.8) is 0 Å². The third kappa shape index (κ3) is 5.60. The van der Waals surface area contributed by atoms with E-state index in [0.717, 1.165) is 35.5 Å². The van der Waals surface area contributed by atoms with Gasteiger partial charge in [0.05, 0.1) is 12.7 Å². The summed E-state index contributed by atoms with van der Waals surface area (Å²) in [6.45, 7) is 3.95. The molecule has 23 heavy (non-hydrogen) atoms. The lowest BCUT2D eigenvalue weighted by Gasteiger charge is -2.22. The van der Waals surface area contributed by atoms with Gasteiger partial charge in [-0.15, -0.1) is 0 Å². The number of halogens is 1. The SMILES string of the molecule is CCCN(Cc1cnn(C)c1)C(=O)NCCc1cccc(Cl)c1. The molecular formula is C17H23ClN4O. The van der Waals surface area contributed by atoms with Crippen molar-refractivity contribution >= 4 is 17.6 Å². The molecule has 124 valence electrons. The third-order valence-electron chi connectivity index (χ3n) is 3.49. The summed E-state index contributed by atoms with van der Waals surface area (Å²) < 4.78 is 1.75. The monoisotopic (exact) mass is 334 g/mol. The molecule has 0 unspecified atom stereocenters. The molecule has 1 heterocycles. The summed E-state index contributed by atoms with van der Waals surface area (Å²) in [5, 5.41) is 7.84. The van der Waals surface area contributed by atoms with Crippen molar-refractivity contribution in [2.24, 2.45) is 7.05 Å². The summed E-state index contributed by atoms with van der Waals surface area (Å²) >= 11 is 5.97. The zero-order valence-electron chi connectivity index (χ0n) is 13.6. The van der Waals surface area contributed by atoms with E-state index in [1.807, 2.05) is 42.4 Å². The molecule has 0 aliphatic heterocycles. The van der Waals surface area contributed by atoms with Crippen molar-refractivity contribution in [1.82, 2.24) is 20.0 Å². The molecule has 0 radical (unpaired) electrons. The van der Waals surface area contributed by atoms with Crippen molar-refractivity contribution in [2.45, 2.75) is 26.3 Å². The molecule has 2 amide bonds. The Morgan fingerprint density at radius 2 is 2.22 bits per heavy atom. The van der Waals surface area contributed by atoms with Gasteiger partial charge in [-0.1, -0.05) is 30.7 Å². The Hall–Kier alpha value is -2.01. The minimum Gasteiger partial charge on any atom is -0.338 e. The standard InChI is InChI=1S/C17H23ClN4O/c1-3-9-22(13-15-11-20-21(2)12-15)17(23)19-8-7-14-5-4-6-16(18)10-14/h4-6,10-12H,3,7-9,13H2,1-2H3,(H,19,23). The van der Waals surface area contributed by atoms with Crippen LogP contribution >= 0.6 is 11.6 Å². The van der Waals surface area contributed by atoms with Crippen LogP contribution in [-0.2, 0) is 20.0 Å². The van der Waals surface area contributed by atoms with Gasteiger partial charge in [-0.05, 0) is 30.5 Å². The smallest absolute Gasteiger partial charge is 0.317 e. The minimum absolute atomic E-state index is 0.0438. The van der Waals surface area contributed by atoms with E-state index in [9.17, 15) is 4.79 Å². The van der Waals surface area contributed by atoms with Gasteiger partial charge in [0.15, 0.2) is 0 Å². The van der Waals surface area contributed by atoms with Crippen molar-refractivity contribution in [3.05, 3.63) is 52.8 Å². The van der Waals surface area contributed by atoms with Gasteiger partial charge in [0.1, 0.15) is 0 Å². The fourth-order valence-electron chi connectivity index (χ4n) is 2.41. The Balaban J connectivity index is 1.85. The maximum Gasteiger partial charge on any atom is 0.317 e. The molecular weight excluding hydrogens is 312 g/mol. The molecule has 0 spiro atoms. The average Bonchev–Trinajstić information content (AvgIpc) is 2.92. The van der Waals surface area contributed by atoms with Crippen molar-refractivity contribution < 1.29 is 4.79 Å². The Labute approximate surface area is 142 Å². The van der Waals surface area contributed by atoms with E-state index >= 15 is 0 Å². The van der Waals surface area contributed by atoms with Crippen LogP contribution in [0.4, 0.5) is 4.79 Å². The molecule has 5 nitrogen and oxygen atoms in total. The molecule has 0 aliphatic carbocycles. The topological polar surface area (TPSA) is 50.2 Å². The van der Waals surface area contributed by atoms with Gasteiger partial charge < -0.3 is 10.2 Å². The highest BCUT2D eigenvalue weighted by Crippen LogP contribution is 2.11. The van der Waals surface area contributed by atoms with E-state index in [1.54, 1.807) is 10.9 Å². The lowest BCUT2D eigenvalue weighted by Crippen LogP contribution is -2.40. The molecule has 1 aromatic carbocycles. The average molecular weight is 335 g/mol. The first kappa shape index (κ1) is 17.3. The number of aryl methyl sites for hydroxylation is 1. The van der Waals surface area contributed by atoms with Crippen LogP contribution in [0.5, 0.6) is 0 Å². The molecule has 2 aromatic rings. The molecule has 1 aromatic heterocycles. The number of aromatic nitrogens is 2. The van der Waals surface area contributed by atoms with Crippen LogP contribution in [0.1, 0.15) is 24.5 Å². The van der Waals surface area contributed by atoms with Crippen LogP contribution in [0.2, 0.25) is 5.02 Å². The largest absolute Gasteiger partial charge is 0.338 e. The second kappa shape index (κ2) is 8.58. The van der Waals surface area contributed by atoms with Gasteiger partial charge >= 0.3 is 6.03 Å². The molecule has 6 heteroatoms. The molecule has 2 rings (SSSR count). The number of benzene rings is 1. The third-order valence-corrected chi connectivity index (χ3v) is 3.73. The summed E-state index contributed by atoms with van der Waals surface area (Å²) in [6, 6.07) is 7.66. The van der Waals surface area contributed by atoms with E-state index in [2.05, 4.69) is 17.3 Å². The second-order valence-electron chi connectivity index (χ2n) is 5.56. The molecule has 0 aliphatic rings. The highest BCUT2D eigenvalue weighted by molar-refractivity contribution is 6.30. The Morgan fingerprint density at radius 1 is 1.39 bits per heavy atom. The van der Waals surface area contributed by atoms with Gasteiger partial charge in [0.25, 0.3) is 0 Å². The predicted molar refractivity (Wildman–Crippen MR) is 92.5 cm³/mol. The molecule has 0 bridgehead atoms. The second-order valence-corrected chi connectivity index (χ2v) is 5.99. The number of amides is 2. The highest BCUT2D eigenvalue weighted by Gasteiger charge is 2.13. The van der Waals surface area contributed by atoms with E-state index in [1.165, 1.54) is 0 Å². The van der Waals surface area contributed by atoms with Gasteiger partial charge in [-0.3, -0.25) is 4.68 Å². The normalized spacial score (nSPS) is 10.6. The molecule has 1 N–H and O–H groups in total. The lowest BCUT2D eigenvalue weighted by molar-refractivity contribution is 0.195. The van der Waals surface area contributed by atoms with Crippen LogP contribution in [0.25, 0.3) is 0 Å². The highest BCUT2D eigenvalue weighted by atomic mass is 35.5. The summed E-state index contributed by atoms with van der Waals surface area (Å²) in [5.74, 6) is 0. The molecule has 0 saturated heterocycles. The van der Waals surface area contributed by atoms with Crippen LogP contribution in [0.15, 0.2) is 36.7 Å². The van der Waals surface area contributed by atoms with E-state index in [-0.39, 0.29) is 6.03 Å². The summed E-state index contributed by atoms with van der Waals surface area (Å²) in [7, 11) is 1.87. The molecule has 0 atom stereocenters. The Bertz CT molecular complexity index is 641. The number of hydrogen-bond donors (Lipinski definition) is 1. The van der Waals surface area contributed by atoms with E-state index < -0.39 is 0 Å². The van der Waals surface area contributed by atoms with Gasteiger partial charge in [-0.25, -0.2) is 4.79 Å². The zero-order chi connectivity index (χ0) is 16.7. The fraction of sp³-hybridized carbons (Fsp3) is 0.412. The molecule has 0 fully saturated rings. The number of urea groups is 1. The minimum atomic E-state index is -0.0438. The fourth-order valence-corrected chi connectivity index (χ4v) is 2.63. The van der Waals surface area contributed by atoms with Gasteiger partial charge in [-0.2, -0.15) is 5.10 Å². The summed E-state index contributed by atoms with van der Waals surface area (Å²) in [4.78, 5) is 14.2. The Morgan fingerprint density at radius 3 is 2.87 bits per heavy atom. The number of nitrogens with zero attached hydrogens (tertiary/aromatic N) is 3. The van der Waals surface area contributed by atoms with Crippen LogP contribution in [-0.4, -0.2) is 33.8 Å². The number of carbonyl (C=O) groups excluding carboxylic acids is 1. The molecule has 0 saturated carbocycles. The Kier molecular flexibility index (Phi) is 6.47. The van der Waals surface area contributed by atoms with Crippen LogP contribution in [0, 0.1) is 0 Å². The number of hydrogen-bond acceptors (Lipinski definition) is 2. The maximum atomic E-state index is 12.4. The van der Waals surface area contributed by atoms with Crippen molar-refractivity contribution in [3.8, 4) is 0 Å². The number of rotatable bonds is 7. The van der Waals surface area contributed by atoms with E-state index in [4.69, 9.17) is 11.6 Å². The van der Waals surface area contributed by atoms with Gasteiger partial charge in [0.2, 0.25) is 0 Å². The maximum absolute atomic E-state index is 12.4. The lowest BCUT2D eigenvalue weighted by atomic mass is 10.1. The quantitative estimate of drug-likeness (QED) is 0.845. The predicted octanol–water partition coefficient (Wildman–Crippen LogP) is 3.24. The zero-order valence-corrected chi connectivity index (χ0v) is 14.4. The number of carbonyl (C=O) groups is 1. The van der Waals surface area contributed by atoms with Crippen LogP contribution in [0.3, 0.4) is 0 Å². The van der Waals surface area contributed by atoms with Crippen LogP contribution < -0.4 is 5.32 Å². The van der Waals surface area contributed by atoms with Gasteiger partial charge in [0, 0.05) is 36.9 Å². The summed E-state index contributed by atoms with van der Waals surface area (Å²) in [5.41, 5.74) is 2.15. The first-order valence-electron chi connectivity index (χ1n) is 7.83. The van der Waals surface area contributed by atoms with Crippen molar-refractivity contribution in [2.75, 3.05) is 13.1 Å². The van der Waals surface area contributed by atoms with Crippen molar-refractivity contribution in [1.29, 1.82) is 0 Å². The van der Waals surface area contributed by atoms with E-state index in [0.29, 0.717) is 13.1 Å².